The van der Waals surface area contributed by atoms with E-state index in [0.29, 0.717) is 11.1 Å². The molecule has 0 radical (unpaired) electrons. The van der Waals surface area contributed by atoms with E-state index < -0.39 is 0 Å². The largest absolute Gasteiger partial charge is 0.348 e. The van der Waals surface area contributed by atoms with Crippen molar-refractivity contribution in [3.63, 3.8) is 0 Å². The van der Waals surface area contributed by atoms with Crippen molar-refractivity contribution >= 4 is 32.7 Å². The van der Waals surface area contributed by atoms with Gasteiger partial charge < -0.3 is 14.9 Å². The van der Waals surface area contributed by atoms with Crippen LogP contribution in [0.3, 0.4) is 0 Å². The Kier molecular flexibility index (Phi) is 5.85. The van der Waals surface area contributed by atoms with Gasteiger partial charge in [0.2, 0.25) is 0 Å². The number of halogens is 1. The van der Waals surface area contributed by atoms with E-state index >= 15 is 0 Å². The van der Waals surface area contributed by atoms with Crippen LogP contribution in [0, 0.1) is 6.92 Å². The van der Waals surface area contributed by atoms with Crippen LogP contribution >= 0.6 is 15.9 Å². The molecule has 0 aliphatic heterocycles. The average molecular weight is 430 g/mol. The number of rotatable bonds is 6. The number of fused-ring (bicyclic) bond motifs is 1. The summed E-state index contributed by atoms with van der Waals surface area (Å²) in [5.74, 6) is -0.191. The second kappa shape index (κ2) is 8.13. The van der Waals surface area contributed by atoms with Crippen LogP contribution in [-0.4, -0.2) is 15.5 Å². The molecule has 142 valence electrons. The maximum absolute atomic E-state index is 12.7. The molecule has 0 bridgehead atoms. The van der Waals surface area contributed by atoms with E-state index in [1.165, 1.54) is 0 Å². The summed E-state index contributed by atoms with van der Waals surface area (Å²) in [5, 5.41) is 3.98. The predicted molar refractivity (Wildman–Crippen MR) is 112 cm³/mol. The number of carbonyl (C=O) groups excluding carboxylic acids is 1. The highest BCUT2D eigenvalue weighted by molar-refractivity contribution is 9.10. The number of benzene rings is 1. The first kappa shape index (κ1) is 19.4. The summed E-state index contributed by atoms with van der Waals surface area (Å²) < 4.78 is 2.98. The van der Waals surface area contributed by atoms with Crippen molar-refractivity contribution in [3.8, 4) is 0 Å². The number of aryl methyl sites for hydroxylation is 3. The molecule has 0 atom stereocenters. The lowest BCUT2D eigenvalue weighted by Gasteiger charge is -2.11. The first-order valence-electron chi connectivity index (χ1n) is 9.22. The fraction of sp³-hybridized carbons (Fsp3) is 0.333. The van der Waals surface area contributed by atoms with Gasteiger partial charge in [-0.15, -0.1) is 0 Å². The van der Waals surface area contributed by atoms with Gasteiger partial charge in [-0.25, -0.2) is 0 Å². The van der Waals surface area contributed by atoms with Crippen molar-refractivity contribution in [3.05, 3.63) is 67.7 Å². The highest BCUT2D eigenvalue weighted by atomic mass is 79.9. The van der Waals surface area contributed by atoms with Crippen molar-refractivity contribution in [2.45, 2.75) is 46.7 Å². The van der Waals surface area contributed by atoms with Crippen molar-refractivity contribution in [2.75, 3.05) is 0 Å². The molecule has 0 aliphatic rings. The molecule has 2 heterocycles. The molecule has 6 heteroatoms. The summed E-state index contributed by atoms with van der Waals surface area (Å²) >= 11 is 3.56. The van der Waals surface area contributed by atoms with E-state index in [-0.39, 0.29) is 18.0 Å². The van der Waals surface area contributed by atoms with Crippen LogP contribution < -0.4 is 10.9 Å². The lowest BCUT2D eigenvalue weighted by molar-refractivity contribution is 0.0950. The lowest BCUT2D eigenvalue weighted by atomic mass is 10.0. The standard InChI is InChI=1S/C21H24BrN3O2/c1-4-6-14-9-13(3)24-21(27)17(14)12-23-20(26)15-10-18(22)16-7-8-25(5-2)19(16)11-15/h7-11H,4-6,12H2,1-3H3,(H,23,26)(H,24,27). The van der Waals surface area contributed by atoms with E-state index in [1.54, 1.807) is 0 Å². The van der Waals surface area contributed by atoms with Gasteiger partial charge in [0.05, 0.1) is 0 Å². The first-order valence-corrected chi connectivity index (χ1v) is 10.0. The molecule has 2 aromatic heterocycles. The Hall–Kier alpha value is -2.34. The smallest absolute Gasteiger partial charge is 0.253 e. The molecule has 0 aliphatic carbocycles. The highest BCUT2D eigenvalue weighted by Crippen LogP contribution is 2.27. The van der Waals surface area contributed by atoms with Crippen molar-refractivity contribution in [1.29, 1.82) is 0 Å². The van der Waals surface area contributed by atoms with Crippen LogP contribution in [0.2, 0.25) is 0 Å². The molecule has 5 nitrogen and oxygen atoms in total. The van der Waals surface area contributed by atoms with Crippen LogP contribution in [0.5, 0.6) is 0 Å². The molecular weight excluding hydrogens is 406 g/mol. The van der Waals surface area contributed by atoms with Gasteiger partial charge >= 0.3 is 0 Å². The maximum Gasteiger partial charge on any atom is 0.253 e. The molecule has 3 aromatic rings. The van der Waals surface area contributed by atoms with Crippen molar-refractivity contribution in [1.82, 2.24) is 14.9 Å². The number of aromatic amines is 1. The Labute approximate surface area is 166 Å². The van der Waals surface area contributed by atoms with Gasteiger partial charge in [-0.3, -0.25) is 9.59 Å². The Balaban J connectivity index is 1.87. The third kappa shape index (κ3) is 4.00. The predicted octanol–water partition coefficient (Wildman–Crippen LogP) is 4.30. The zero-order valence-electron chi connectivity index (χ0n) is 15.9. The van der Waals surface area contributed by atoms with E-state index in [0.717, 1.165) is 46.0 Å². The second-order valence-corrected chi connectivity index (χ2v) is 7.56. The quantitative estimate of drug-likeness (QED) is 0.612. The zero-order chi connectivity index (χ0) is 19.6. The van der Waals surface area contributed by atoms with E-state index in [4.69, 9.17) is 0 Å². The van der Waals surface area contributed by atoms with Crippen LogP contribution in [0.4, 0.5) is 0 Å². The zero-order valence-corrected chi connectivity index (χ0v) is 17.4. The molecular formula is C21H24BrN3O2. The normalized spacial score (nSPS) is 11.1. The molecule has 3 rings (SSSR count). The van der Waals surface area contributed by atoms with E-state index in [9.17, 15) is 9.59 Å². The molecule has 0 saturated carbocycles. The van der Waals surface area contributed by atoms with Crippen LogP contribution in [0.1, 0.15) is 47.4 Å². The lowest BCUT2D eigenvalue weighted by Crippen LogP contribution is -2.28. The molecule has 2 N–H and O–H groups in total. The number of pyridine rings is 1. The van der Waals surface area contributed by atoms with Gasteiger partial charge in [-0.1, -0.05) is 29.3 Å². The first-order chi connectivity index (χ1) is 12.9. The molecule has 0 saturated heterocycles. The summed E-state index contributed by atoms with van der Waals surface area (Å²) in [6.45, 7) is 7.07. The van der Waals surface area contributed by atoms with Crippen LogP contribution in [0.15, 0.2) is 39.7 Å². The van der Waals surface area contributed by atoms with Gasteiger partial charge in [0.1, 0.15) is 0 Å². The monoisotopic (exact) mass is 429 g/mol. The third-order valence-electron chi connectivity index (χ3n) is 4.75. The Morgan fingerprint density at radius 1 is 1.26 bits per heavy atom. The topological polar surface area (TPSA) is 66.9 Å². The summed E-state index contributed by atoms with van der Waals surface area (Å²) in [7, 11) is 0. The highest BCUT2D eigenvalue weighted by Gasteiger charge is 2.14. The fourth-order valence-corrected chi connectivity index (χ4v) is 3.98. The van der Waals surface area contributed by atoms with Gasteiger partial charge in [-0.05, 0) is 50.1 Å². The van der Waals surface area contributed by atoms with Gasteiger partial charge in [0.15, 0.2) is 0 Å². The fourth-order valence-electron chi connectivity index (χ4n) is 3.40. The average Bonchev–Trinajstić information content (AvgIpc) is 3.04. The van der Waals surface area contributed by atoms with Crippen molar-refractivity contribution < 1.29 is 4.79 Å². The molecule has 1 amide bonds. The minimum absolute atomic E-state index is 0.129. The SMILES string of the molecule is CCCc1cc(C)[nH]c(=O)c1CNC(=O)c1cc(Br)c2ccn(CC)c2c1. The summed E-state index contributed by atoms with van der Waals surface area (Å²) in [5.41, 5.74) is 3.92. The number of nitrogens with one attached hydrogen (secondary N) is 2. The summed E-state index contributed by atoms with van der Waals surface area (Å²) in [6.07, 6.45) is 3.78. The van der Waals surface area contributed by atoms with Crippen molar-refractivity contribution in [2.24, 2.45) is 0 Å². The molecule has 1 aromatic carbocycles. The Bertz CT molecular complexity index is 1050. The summed E-state index contributed by atoms with van der Waals surface area (Å²) in [6, 6.07) is 7.74. The number of hydrogen-bond acceptors (Lipinski definition) is 2. The molecule has 0 fully saturated rings. The minimum Gasteiger partial charge on any atom is -0.348 e. The third-order valence-corrected chi connectivity index (χ3v) is 5.41. The molecule has 0 unspecified atom stereocenters. The van der Waals surface area contributed by atoms with Gasteiger partial charge in [-0.2, -0.15) is 0 Å². The number of amides is 1. The Morgan fingerprint density at radius 2 is 2.04 bits per heavy atom. The second-order valence-electron chi connectivity index (χ2n) is 6.71. The van der Waals surface area contributed by atoms with Gasteiger partial charge in [0.25, 0.3) is 11.5 Å². The maximum atomic E-state index is 12.7. The number of aromatic nitrogens is 2. The van der Waals surface area contributed by atoms with E-state index in [1.807, 2.05) is 37.4 Å². The van der Waals surface area contributed by atoms with Crippen LogP contribution in [-0.2, 0) is 19.5 Å². The molecule has 0 spiro atoms. The molecule has 27 heavy (non-hydrogen) atoms. The number of hydrogen-bond donors (Lipinski definition) is 2. The number of carbonyl (C=O) groups is 1. The van der Waals surface area contributed by atoms with Gasteiger partial charge in [0, 0.05) is 51.5 Å². The Morgan fingerprint density at radius 3 is 2.74 bits per heavy atom. The number of H-pyrrole nitrogens is 1. The van der Waals surface area contributed by atoms with Crippen LogP contribution in [0.25, 0.3) is 10.9 Å². The summed E-state index contributed by atoms with van der Waals surface area (Å²) in [4.78, 5) is 27.9. The van der Waals surface area contributed by atoms with E-state index in [2.05, 4.69) is 44.6 Å². The number of nitrogens with zero attached hydrogens (tertiary/aromatic N) is 1. The minimum atomic E-state index is -0.191.